The topological polar surface area (TPSA) is 74.8 Å². The first-order valence-corrected chi connectivity index (χ1v) is 7.71. The third kappa shape index (κ3) is 2.69. The molecule has 0 radical (unpaired) electrons. The van der Waals surface area contributed by atoms with Crippen molar-refractivity contribution in [1.82, 2.24) is 15.3 Å². The van der Waals surface area contributed by atoms with E-state index in [1.54, 1.807) is 0 Å². The van der Waals surface area contributed by atoms with Crippen LogP contribution in [0.25, 0.3) is 0 Å². The van der Waals surface area contributed by atoms with Gasteiger partial charge in [-0.1, -0.05) is 13.8 Å². The molecule has 6 heteroatoms. The van der Waals surface area contributed by atoms with Crippen molar-refractivity contribution in [3.63, 3.8) is 0 Å². The van der Waals surface area contributed by atoms with Crippen molar-refractivity contribution in [3.05, 3.63) is 17.2 Å². The van der Waals surface area contributed by atoms with Crippen molar-refractivity contribution in [2.24, 2.45) is 0 Å². The third-order valence-corrected chi connectivity index (χ3v) is 4.71. The molecule has 5 nitrogen and oxygen atoms in total. The maximum atomic E-state index is 11.6. The van der Waals surface area contributed by atoms with E-state index in [1.807, 2.05) is 6.92 Å². The summed E-state index contributed by atoms with van der Waals surface area (Å²) >= 11 is 0. The van der Waals surface area contributed by atoms with E-state index in [9.17, 15) is 8.42 Å². The summed E-state index contributed by atoms with van der Waals surface area (Å²) in [4.78, 5) is 7.71. The highest BCUT2D eigenvalue weighted by atomic mass is 32.2. The molecule has 17 heavy (non-hydrogen) atoms. The van der Waals surface area contributed by atoms with E-state index < -0.39 is 9.84 Å². The number of sulfone groups is 1. The van der Waals surface area contributed by atoms with Gasteiger partial charge < -0.3 is 10.3 Å². The lowest BCUT2D eigenvalue weighted by atomic mass is 10.1. The summed E-state index contributed by atoms with van der Waals surface area (Å²) in [5.74, 6) is 1.45. The van der Waals surface area contributed by atoms with Crippen LogP contribution in [-0.4, -0.2) is 36.4 Å². The lowest BCUT2D eigenvalue weighted by molar-refractivity contribution is 0.517. The number of aryl methyl sites for hydroxylation is 1. The van der Waals surface area contributed by atoms with Crippen LogP contribution >= 0.6 is 0 Å². The van der Waals surface area contributed by atoms with E-state index in [0.717, 1.165) is 17.2 Å². The van der Waals surface area contributed by atoms with Gasteiger partial charge in [0.05, 0.1) is 23.2 Å². The zero-order valence-electron chi connectivity index (χ0n) is 10.4. The molecule has 2 heterocycles. The lowest BCUT2D eigenvalue weighted by Crippen LogP contribution is -2.39. The van der Waals surface area contributed by atoms with Crippen LogP contribution in [0, 0.1) is 6.92 Å². The highest BCUT2D eigenvalue weighted by molar-refractivity contribution is 7.91. The molecule has 96 valence electrons. The van der Waals surface area contributed by atoms with Gasteiger partial charge in [0.2, 0.25) is 0 Å². The molecule has 1 aromatic heterocycles. The van der Waals surface area contributed by atoms with Crippen LogP contribution in [0.2, 0.25) is 0 Å². The Morgan fingerprint density at radius 3 is 2.65 bits per heavy atom. The Hall–Kier alpha value is -0.880. The zero-order valence-corrected chi connectivity index (χ0v) is 11.3. The predicted molar refractivity (Wildman–Crippen MR) is 66.8 cm³/mol. The molecule has 1 fully saturated rings. The monoisotopic (exact) mass is 257 g/mol. The average molecular weight is 257 g/mol. The van der Waals surface area contributed by atoms with Gasteiger partial charge in [0.25, 0.3) is 0 Å². The third-order valence-electron chi connectivity index (χ3n) is 3.04. The van der Waals surface area contributed by atoms with Crippen molar-refractivity contribution in [2.75, 3.05) is 18.1 Å². The molecule has 1 aliphatic rings. The van der Waals surface area contributed by atoms with Crippen molar-refractivity contribution in [2.45, 2.75) is 32.7 Å². The second-order valence-corrected chi connectivity index (χ2v) is 7.14. The zero-order chi connectivity index (χ0) is 12.6. The number of hydrogen-bond donors (Lipinski definition) is 2. The summed E-state index contributed by atoms with van der Waals surface area (Å²) in [5.41, 5.74) is 2.05. The first-order chi connectivity index (χ1) is 7.89. The highest BCUT2D eigenvalue weighted by Crippen LogP contribution is 2.21. The Morgan fingerprint density at radius 2 is 2.12 bits per heavy atom. The number of aromatic nitrogens is 2. The molecule has 1 atom stereocenters. The van der Waals surface area contributed by atoms with E-state index in [2.05, 4.69) is 29.1 Å². The molecule has 0 aliphatic carbocycles. The predicted octanol–water partition coefficient (Wildman–Crippen LogP) is 0.901. The Kier molecular flexibility index (Phi) is 3.27. The molecule has 2 rings (SSSR count). The smallest absolute Gasteiger partial charge is 0.153 e. The van der Waals surface area contributed by atoms with Gasteiger partial charge in [-0.2, -0.15) is 0 Å². The molecule has 2 N–H and O–H groups in total. The maximum Gasteiger partial charge on any atom is 0.153 e. The number of hydrogen-bond acceptors (Lipinski definition) is 4. The molecular formula is C11H19N3O2S. The van der Waals surface area contributed by atoms with Gasteiger partial charge in [0, 0.05) is 12.2 Å². The van der Waals surface area contributed by atoms with E-state index in [1.165, 1.54) is 0 Å². The molecule has 1 saturated heterocycles. The Bertz CT molecular complexity index is 505. The minimum absolute atomic E-state index is 0.136. The maximum absolute atomic E-state index is 11.6. The van der Waals surface area contributed by atoms with Crippen LogP contribution in [0.3, 0.4) is 0 Å². The number of rotatable bonds is 2. The molecule has 0 amide bonds. The van der Waals surface area contributed by atoms with Crippen LogP contribution in [0.1, 0.15) is 43.0 Å². The number of nitrogens with zero attached hydrogens (tertiary/aromatic N) is 1. The fourth-order valence-corrected chi connectivity index (χ4v) is 3.56. The molecule has 0 spiro atoms. The summed E-state index contributed by atoms with van der Waals surface area (Å²) in [7, 11) is -2.93. The largest absolute Gasteiger partial charge is 0.345 e. The molecule has 1 unspecified atom stereocenters. The molecule has 0 saturated carbocycles. The van der Waals surface area contributed by atoms with Crippen LogP contribution in [0.5, 0.6) is 0 Å². The first-order valence-electron chi connectivity index (χ1n) is 5.89. The number of imidazole rings is 1. The van der Waals surface area contributed by atoms with Crippen LogP contribution < -0.4 is 5.32 Å². The van der Waals surface area contributed by atoms with Crippen molar-refractivity contribution < 1.29 is 8.42 Å². The van der Waals surface area contributed by atoms with Gasteiger partial charge in [-0.3, -0.25) is 0 Å². The SMILES string of the molecule is Cc1[nH]c(C2CS(=O)(=O)CCN2)nc1C(C)C. The van der Waals surface area contributed by atoms with Gasteiger partial charge in [0.1, 0.15) is 5.82 Å². The molecule has 1 aliphatic heterocycles. The van der Waals surface area contributed by atoms with Gasteiger partial charge in [-0.15, -0.1) is 0 Å². The summed E-state index contributed by atoms with van der Waals surface area (Å²) in [6, 6.07) is -0.194. The summed E-state index contributed by atoms with van der Waals surface area (Å²) < 4.78 is 23.2. The summed E-state index contributed by atoms with van der Waals surface area (Å²) in [6.45, 7) is 6.64. The normalized spacial score (nSPS) is 24.1. The van der Waals surface area contributed by atoms with Gasteiger partial charge in [-0.05, 0) is 12.8 Å². The minimum Gasteiger partial charge on any atom is -0.345 e. The summed E-state index contributed by atoms with van der Waals surface area (Å²) in [5, 5.41) is 3.20. The van der Waals surface area contributed by atoms with E-state index in [0.29, 0.717) is 12.5 Å². The Morgan fingerprint density at radius 1 is 1.41 bits per heavy atom. The van der Waals surface area contributed by atoms with Crippen molar-refractivity contribution in [1.29, 1.82) is 0 Å². The van der Waals surface area contributed by atoms with E-state index in [-0.39, 0.29) is 17.5 Å². The van der Waals surface area contributed by atoms with E-state index in [4.69, 9.17) is 0 Å². The fraction of sp³-hybridized carbons (Fsp3) is 0.727. The molecule has 0 aromatic carbocycles. The van der Waals surface area contributed by atoms with Crippen molar-refractivity contribution >= 4 is 9.84 Å². The standard InChI is InChI=1S/C11H19N3O2S/c1-7(2)10-8(3)13-11(14-10)9-6-17(15,16)5-4-12-9/h7,9,12H,4-6H2,1-3H3,(H,13,14). The molecular weight excluding hydrogens is 238 g/mol. The average Bonchev–Trinajstić information content (AvgIpc) is 2.59. The van der Waals surface area contributed by atoms with Gasteiger partial charge in [0.15, 0.2) is 9.84 Å². The van der Waals surface area contributed by atoms with Gasteiger partial charge >= 0.3 is 0 Å². The van der Waals surface area contributed by atoms with Crippen LogP contribution in [0.15, 0.2) is 0 Å². The number of H-pyrrole nitrogens is 1. The van der Waals surface area contributed by atoms with Crippen LogP contribution in [-0.2, 0) is 9.84 Å². The fourth-order valence-electron chi connectivity index (χ4n) is 2.19. The lowest BCUT2D eigenvalue weighted by Gasteiger charge is -2.21. The minimum atomic E-state index is -2.93. The quantitative estimate of drug-likeness (QED) is 0.825. The number of nitrogens with one attached hydrogen (secondary N) is 2. The van der Waals surface area contributed by atoms with Gasteiger partial charge in [-0.25, -0.2) is 13.4 Å². The Balaban J connectivity index is 2.26. The first kappa shape index (κ1) is 12.6. The molecule has 1 aromatic rings. The second-order valence-electron chi connectivity index (χ2n) is 4.91. The van der Waals surface area contributed by atoms with Crippen molar-refractivity contribution in [3.8, 4) is 0 Å². The van der Waals surface area contributed by atoms with Crippen LogP contribution in [0.4, 0.5) is 0 Å². The molecule has 0 bridgehead atoms. The Labute approximate surface area is 102 Å². The summed E-state index contributed by atoms with van der Waals surface area (Å²) in [6.07, 6.45) is 0. The van der Waals surface area contributed by atoms with E-state index >= 15 is 0 Å². The second kappa shape index (κ2) is 4.42. The highest BCUT2D eigenvalue weighted by Gasteiger charge is 2.28. The number of aromatic amines is 1.